The SMILES string of the molecule is CC(C)N(Cc1ccccc1)c1cnc(C(=O)Nc2ccc(F)c(F)c2)cn1. The molecular formula is C21H20F2N4O. The van der Waals surface area contributed by atoms with Crippen molar-refractivity contribution in [1.29, 1.82) is 0 Å². The van der Waals surface area contributed by atoms with Crippen molar-refractivity contribution < 1.29 is 13.6 Å². The predicted molar refractivity (Wildman–Crippen MR) is 104 cm³/mol. The van der Waals surface area contributed by atoms with Crippen LogP contribution < -0.4 is 10.2 Å². The molecule has 0 bridgehead atoms. The Morgan fingerprint density at radius 1 is 1.04 bits per heavy atom. The first-order valence-electron chi connectivity index (χ1n) is 8.83. The first-order chi connectivity index (χ1) is 13.4. The van der Waals surface area contributed by atoms with Gasteiger partial charge in [-0.25, -0.2) is 18.7 Å². The average Bonchev–Trinajstić information content (AvgIpc) is 2.69. The van der Waals surface area contributed by atoms with E-state index < -0.39 is 17.5 Å². The van der Waals surface area contributed by atoms with Gasteiger partial charge in [-0.05, 0) is 31.5 Å². The van der Waals surface area contributed by atoms with Crippen molar-refractivity contribution in [2.24, 2.45) is 0 Å². The Labute approximate surface area is 162 Å². The number of hydrogen-bond acceptors (Lipinski definition) is 4. The fourth-order valence-corrected chi connectivity index (χ4v) is 2.66. The third kappa shape index (κ3) is 4.68. The predicted octanol–water partition coefficient (Wildman–Crippen LogP) is 4.42. The van der Waals surface area contributed by atoms with E-state index >= 15 is 0 Å². The minimum Gasteiger partial charge on any atom is -0.349 e. The molecule has 3 aromatic rings. The van der Waals surface area contributed by atoms with Crippen molar-refractivity contribution in [2.75, 3.05) is 10.2 Å². The molecule has 1 N–H and O–H groups in total. The summed E-state index contributed by atoms with van der Waals surface area (Å²) >= 11 is 0. The summed E-state index contributed by atoms with van der Waals surface area (Å²) < 4.78 is 26.3. The first kappa shape index (κ1) is 19.4. The number of hydrogen-bond donors (Lipinski definition) is 1. The number of rotatable bonds is 6. The van der Waals surface area contributed by atoms with Gasteiger partial charge in [-0.3, -0.25) is 4.79 Å². The third-order valence-corrected chi connectivity index (χ3v) is 4.16. The second kappa shape index (κ2) is 8.56. The molecule has 0 saturated heterocycles. The van der Waals surface area contributed by atoms with Crippen LogP contribution in [0.5, 0.6) is 0 Å². The second-order valence-corrected chi connectivity index (χ2v) is 6.55. The number of amides is 1. The van der Waals surface area contributed by atoms with Crippen molar-refractivity contribution in [3.05, 3.63) is 83.8 Å². The molecule has 3 rings (SSSR count). The highest BCUT2D eigenvalue weighted by Crippen LogP contribution is 2.18. The van der Waals surface area contributed by atoms with Crippen LogP contribution in [0.25, 0.3) is 0 Å². The molecule has 0 aliphatic rings. The van der Waals surface area contributed by atoms with Gasteiger partial charge in [0.2, 0.25) is 0 Å². The number of carbonyl (C=O) groups excluding carboxylic acids is 1. The van der Waals surface area contributed by atoms with Gasteiger partial charge in [0.05, 0.1) is 12.4 Å². The molecule has 5 nitrogen and oxygen atoms in total. The van der Waals surface area contributed by atoms with E-state index in [-0.39, 0.29) is 17.4 Å². The van der Waals surface area contributed by atoms with Crippen LogP contribution in [-0.2, 0) is 6.54 Å². The van der Waals surface area contributed by atoms with E-state index in [9.17, 15) is 13.6 Å². The van der Waals surface area contributed by atoms with Gasteiger partial charge < -0.3 is 10.2 Å². The van der Waals surface area contributed by atoms with Crippen LogP contribution in [0.1, 0.15) is 29.9 Å². The van der Waals surface area contributed by atoms with Crippen molar-refractivity contribution >= 4 is 17.4 Å². The lowest BCUT2D eigenvalue weighted by atomic mass is 10.2. The lowest BCUT2D eigenvalue weighted by Gasteiger charge is -2.27. The monoisotopic (exact) mass is 382 g/mol. The molecule has 0 fully saturated rings. The standard InChI is InChI=1S/C21H20F2N4O/c1-14(2)27(13-15-6-4-3-5-7-15)20-12-24-19(11-25-20)21(28)26-16-8-9-17(22)18(23)10-16/h3-12,14H,13H2,1-2H3,(H,26,28). The van der Waals surface area contributed by atoms with Gasteiger partial charge >= 0.3 is 0 Å². The maximum atomic E-state index is 13.3. The smallest absolute Gasteiger partial charge is 0.275 e. The van der Waals surface area contributed by atoms with Crippen LogP contribution in [0.4, 0.5) is 20.3 Å². The first-order valence-corrected chi connectivity index (χ1v) is 8.83. The van der Waals surface area contributed by atoms with E-state index in [1.165, 1.54) is 18.5 Å². The second-order valence-electron chi connectivity index (χ2n) is 6.55. The highest BCUT2D eigenvalue weighted by atomic mass is 19.2. The van der Waals surface area contributed by atoms with Gasteiger partial charge in [0, 0.05) is 24.3 Å². The lowest BCUT2D eigenvalue weighted by Crippen LogP contribution is -2.31. The summed E-state index contributed by atoms with van der Waals surface area (Å²) in [6.45, 7) is 4.76. The zero-order valence-electron chi connectivity index (χ0n) is 15.6. The van der Waals surface area contributed by atoms with Gasteiger partial charge in [-0.15, -0.1) is 0 Å². The molecule has 1 heterocycles. The van der Waals surface area contributed by atoms with Gasteiger partial charge in [0.25, 0.3) is 5.91 Å². The Bertz CT molecular complexity index is 946. The normalized spacial score (nSPS) is 10.8. The van der Waals surface area contributed by atoms with Crippen molar-refractivity contribution in [1.82, 2.24) is 9.97 Å². The molecule has 2 aromatic carbocycles. The van der Waals surface area contributed by atoms with Crippen LogP contribution in [-0.4, -0.2) is 21.9 Å². The summed E-state index contributed by atoms with van der Waals surface area (Å²) in [5.74, 6) is -1.92. The summed E-state index contributed by atoms with van der Waals surface area (Å²) in [4.78, 5) is 22.9. The summed E-state index contributed by atoms with van der Waals surface area (Å²) in [6, 6.07) is 13.3. The summed E-state index contributed by atoms with van der Waals surface area (Å²) in [5.41, 5.74) is 1.36. The molecule has 1 amide bonds. The van der Waals surface area contributed by atoms with Gasteiger partial charge in [-0.1, -0.05) is 30.3 Å². The molecule has 144 valence electrons. The molecule has 0 unspecified atom stereocenters. The quantitative estimate of drug-likeness (QED) is 0.686. The Hall–Kier alpha value is -3.35. The molecule has 1 aromatic heterocycles. The van der Waals surface area contributed by atoms with Gasteiger partial charge in [0.15, 0.2) is 11.6 Å². The minimum atomic E-state index is -1.03. The molecule has 0 radical (unpaired) electrons. The molecule has 0 aliphatic heterocycles. The fourth-order valence-electron chi connectivity index (χ4n) is 2.66. The lowest BCUT2D eigenvalue weighted by molar-refractivity contribution is 0.102. The fraction of sp³-hybridized carbons (Fsp3) is 0.190. The van der Waals surface area contributed by atoms with Crippen molar-refractivity contribution in [3.63, 3.8) is 0 Å². The summed E-state index contributed by atoms with van der Waals surface area (Å²) in [7, 11) is 0. The summed E-state index contributed by atoms with van der Waals surface area (Å²) in [6.07, 6.45) is 2.90. The van der Waals surface area contributed by atoms with E-state index in [1.54, 1.807) is 0 Å². The van der Waals surface area contributed by atoms with E-state index in [0.29, 0.717) is 12.4 Å². The Balaban J connectivity index is 1.73. The van der Waals surface area contributed by atoms with Gasteiger partial charge in [-0.2, -0.15) is 0 Å². The molecule has 0 spiro atoms. The molecule has 0 atom stereocenters. The number of halogens is 2. The highest BCUT2D eigenvalue weighted by molar-refractivity contribution is 6.02. The van der Waals surface area contributed by atoms with Crippen LogP contribution in [0.2, 0.25) is 0 Å². The van der Waals surface area contributed by atoms with E-state index in [4.69, 9.17) is 0 Å². The number of nitrogens with zero attached hydrogens (tertiary/aromatic N) is 3. The average molecular weight is 382 g/mol. The zero-order chi connectivity index (χ0) is 20.1. The molecular weight excluding hydrogens is 362 g/mol. The largest absolute Gasteiger partial charge is 0.349 e. The number of nitrogens with one attached hydrogen (secondary N) is 1. The Morgan fingerprint density at radius 2 is 1.79 bits per heavy atom. The minimum absolute atomic E-state index is 0.0805. The van der Waals surface area contributed by atoms with Crippen molar-refractivity contribution in [3.8, 4) is 0 Å². The molecule has 0 aliphatic carbocycles. The molecule has 28 heavy (non-hydrogen) atoms. The van der Waals surface area contributed by atoms with Crippen LogP contribution in [0.3, 0.4) is 0 Å². The molecule has 0 saturated carbocycles. The number of anilines is 2. The van der Waals surface area contributed by atoms with E-state index in [0.717, 1.165) is 17.7 Å². The zero-order valence-corrected chi connectivity index (χ0v) is 15.6. The van der Waals surface area contributed by atoms with Crippen LogP contribution in [0.15, 0.2) is 60.9 Å². The van der Waals surface area contributed by atoms with Crippen LogP contribution in [0, 0.1) is 11.6 Å². The van der Waals surface area contributed by atoms with Gasteiger partial charge in [0.1, 0.15) is 11.5 Å². The molecule has 7 heteroatoms. The number of benzene rings is 2. The van der Waals surface area contributed by atoms with E-state index in [2.05, 4.69) is 20.2 Å². The summed E-state index contributed by atoms with van der Waals surface area (Å²) in [5, 5.41) is 2.48. The maximum Gasteiger partial charge on any atom is 0.275 e. The highest BCUT2D eigenvalue weighted by Gasteiger charge is 2.15. The van der Waals surface area contributed by atoms with E-state index in [1.807, 2.05) is 44.2 Å². The third-order valence-electron chi connectivity index (χ3n) is 4.16. The number of aromatic nitrogens is 2. The Kier molecular flexibility index (Phi) is 5.93. The number of carbonyl (C=O) groups is 1. The maximum absolute atomic E-state index is 13.3. The van der Waals surface area contributed by atoms with Crippen LogP contribution >= 0.6 is 0 Å². The Morgan fingerprint density at radius 3 is 2.39 bits per heavy atom. The topological polar surface area (TPSA) is 58.1 Å². The van der Waals surface area contributed by atoms with Crippen molar-refractivity contribution in [2.45, 2.75) is 26.4 Å².